The molecule has 0 bridgehead atoms. The zero-order valence-corrected chi connectivity index (χ0v) is 10.2. The number of nitrogens with one attached hydrogen (secondary N) is 1. The lowest BCUT2D eigenvalue weighted by Gasteiger charge is -2.15. The van der Waals surface area contributed by atoms with E-state index in [0.29, 0.717) is 11.8 Å². The molecule has 2 aliphatic rings. The van der Waals surface area contributed by atoms with E-state index in [0.717, 1.165) is 11.4 Å². The second kappa shape index (κ2) is 3.84. The molecule has 1 N–H and O–H groups in total. The van der Waals surface area contributed by atoms with E-state index in [9.17, 15) is 4.79 Å². The molecule has 4 heteroatoms. The number of rotatable bonds is 4. The lowest BCUT2D eigenvalue weighted by Crippen LogP contribution is -2.31. The van der Waals surface area contributed by atoms with Crippen LogP contribution in [-0.2, 0) is 4.79 Å². The smallest absolute Gasteiger partial charge is 0.223 e. The van der Waals surface area contributed by atoms with Crippen LogP contribution in [0.1, 0.15) is 37.2 Å². The number of amides is 1. The predicted molar refractivity (Wildman–Crippen MR) is 63.0 cm³/mol. The second-order valence-electron chi connectivity index (χ2n) is 5.01. The molecule has 0 unspecified atom stereocenters. The van der Waals surface area contributed by atoms with Gasteiger partial charge < -0.3 is 5.32 Å². The van der Waals surface area contributed by atoms with Crippen molar-refractivity contribution in [2.75, 3.05) is 0 Å². The van der Waals surface area contributed by atoms with Crippen molar-refractivity contribution < 1.29 is 4.79 Å². The summed E-state index contributed by atoms with van der Waals surface area (Å²) in [7, 11) is 0. The minimum atomic E-state index is 0.181. The molecule has 2 aliphatic carbocycles. The summed E-state index contributed by atoms with van der Waals surface area (Å²) in [5, 5.41) is 6.24. The van der Waals surface area contributed by atoms with E-state index in [2.05, 4.69) is 17.2 Å². The van der Waals surface area contributed by atoms with Gasteiger partial charge in [-0.25, -0.2) is 4.98 Å². The Hall–Kier alpha value is -0.900. The van der Waals surface area contributed by atoms with E-state index in [1.54, 1.807) is 11.3 Å². The Labute approximate surface area is 99.3 Å². The van der Waals surface area contributed by atoms with Crippen LogP contribution in [0.15, 0.2) is 11.6 Å². The third kappa shape index (κ3) is 1.98. The zero-order valence-electron chi connectivity index (χ0n) is 9.35. The van der Waals surface area contributed by atoms with Crippen molar-refractivity contribution in [2.45, 2.75) is 32.2 Å². The number of hydrogen-bond donors (Lipinski definition) is 1. The maximum absolute atomic E-state index is 11.9. The highest BCUT2D eigenvalue weighted by Crippen LogP contribution is 2.43. The van der Waals surface area contributed by atoms with E-state index in [1.807, 2.05) is 11.6 Å². The molecule has 2 saturated carbocycles. The topological polar surface area (TPSA) is 42.0 Å². The maximum atomic E-state index is 11.9. The predicted octanol–water partition coefficient (Wildman–Crippen LogP) is 2.37. The van der Waals surface area contributed by atoms with Gasteiger partial charge in [0.05, 0.1) is 6.04 Å². The summed E-state index contributed by atoms with van der Waals surface area (Å²) in [6.07, 6.45) is 5.33. The first kappa shape index (κ1) is 10.3. The Bertz CT molecular complexity index is 386. The van der Waals surface area contributed by atoms with Crippen LogP contribution in [0.2, 0.25) is 0 Å². The van der Waals surface area contributed by atoms with Crippen molar-refractivity contribution in [1.82, 2.24) is 10.3 Å². The van der Waals surface area contributed by atoms with Crippen molar-refractivity contribution in [3.63, 3.8) is 0 Å². The largest absolute Gasteiger partial charge is 0.346 e. The van der Waals surface area contributed by atoms with Gasteiger partial charge in [0.2, 0.25) is 5.91 Å². The molecule has 1 aromatic rings. The highest BCUT2D eigenvalue weighted by Gasteiger charge is 2.42. The van der Waals surface area contributed by atoms with Gasteiger partial charge in [-0.2, -0.15) is 0 Å². The van der Waals surface area contributed by atoms with Gasteiger partial charge >= 0.3 is 0 Å². The summed E-state index contributed by atoms with van der Waals surface area (Å²) in [6.45, 7) is 2.14. The van der Waals surface area contributed by atoms with Gasteiger partial charge in [0, 0.05) is 17.5 Å². The van der Waals surface area contributed by atoms with Gasteiger partial charge in [-0.3, -0.25) is 4.79 Å². The van der Waals surface area contributed by atoms with Crippen molar-refractivity contribution in [3.8, 4) is 0 Å². The standard InChI is InChI=1S/C12H16N2OS/c1-7-6-9(7)11(15)14-10(8-2-3-8)12-13-4-5-16-12/h4-5,7-10H,2-3,6H2,1H3,(H,14,15)/t7-,9-,10-/m1/s1. The van der Waals surface area contributed by atoms with E-state index >= 15 is 0 Å². The van der Waals surface area contributed by atoms with Crippen molar-refractivity contribution in [1.29, 1.82) is 0 Å². The summed E-state index contributed by atoms with van der Waals surface area (Å²) in [5.41, 5.74) is 0. The molecule has 0 aliphatic heterocycles. The monoisotopic (exact) mass is 236 g/mol. The minimum absolute atomic E-state index is 0.181. The SMILES string of the molecule is C[C@@H]1C[C@H]1C(=O)N[C@@H](c1nccs1)C1CC1. The molecule has 1 amide bonds. The number of hydrogen-bond acceptors (Lipinski definition) is 3. The van der Waals surface area contributed by atoms with Crippen LogP contribution in [-0.4, -0.2) is 10.9 Å². The molecule has 0 aromatic carbocycles. The molecule has 3 nitrogen and oxygen atoms in total. The molecule has 0 spiro atoms. The summed E-state index contributed by atoms with van der Waals surface area (Å²) < 4.78 is 0. The molecule has 0 radical (unpaired) electrons. The van der Waals surface area contributed by atoms with Crippen LogP contribution in [0.4, 0.5) is 0 Å². The van der Waals surface area contributed by atoms with Crippen LogP contribution in [0.25, 0.3) is 0 Å². The summed E-state index contributed by atoms with van der Waals surface area (Å²) >= 11 is 1.65. The molecular weight excluding hydrogens is 220 g/mol. The van der Waals surface area contributed by atoms with Crippen LogP contribution in [0.3, 0.4) is 0 Å². The Morgan fingerprint density at radius 3 is 2.88 bits per heavy atom. The van der Waals surface area contributed by atoms with Crippen molar-refractivity contribution >= 4 is 17.2 Å². The number of thiazole rings is 1. The maximum Gasteiger partial charge on any atom is 0.223 e. The minimum Gasteiger partial charge on any atom is -0.346 e. The van der Waals surface area contributed by atoms with Crippen molar-refractivity contribution in [2.24, 2.45) is 17.8 Å². The van der Waals surface area contributed by atoms with E-state index in [1.165, 1.54) is 12.8 Å². The van der Waals surface area contributed by atoms with Gasteiger partial charge in [0.15, 0.2) is 0 Å². The van der Waals surface area contributed by atoms with Gasteiger partial charge in [-0.1, -0.05) is 6.92 Å². The van der Waals surface area contributed by atoms with Crippen molar-refractivity contribution in [3.05, 3.63) is 16.6 Å². The van der Waals surface area contributed by atoms with Crippen LogP contribution < -0.4 is 5.32 Å². The third-order valence-electron chi connectivity index (χ3n) is 3.55. The average molecular weight is 236 g/mol. The fraction of sp³-hybridized carbons (Fsp3) is 0.667. The number of carbonyl (C=O) groups excluding carboxylic acids is 1. The number of nitrogens with zero attached hydrogens (tertiary/aromatic N) is 1. The molecule has 0 saturated heterocycles. The molecule has 1 heterocycles. The van der Waals surface area contributed by atoms with Gasteiger partial charge in [-0.15, -0.1) is 11.3 Å². The molecule has 1 aromatic heterocycles. The summed E-state index contributed by atoms with van der Waals surface area (Å²) in [6, 6.07) is 0.181. The summed E-state index contributed by atoms with van der Waals surface area (Å²) in [4.78, 5) is 16.3. The van der Waals surface area contributed by atoms with Crippen LogP contribution in [0.5, 0.6) is 0 Å². The Balaban J connectivity index is 1.67. The summed E-state index contributed by atoms with van der Waals surface area (Å²) in [5.74, 6) is 1.71. The Morgan fingerprint density at radius 1 is 1.62 bits per heavy atom. The van der Waals surface area contributed by atoms with Gasteiger partial charge in [0.25, 0.3) is 0 Å². The Kier molecular flexibility index (Phi) is 2.46. The molecule has 3 rings (SSSR count). The second-order valence-corrected chi connectivity index (χ2v) is 5.94. The highest BCUT2D eigenvalue weighted by molar-refractivity contribution is 7.09. The first-order valence-electron chi connectivity index (χ1n) is 5.95. The molecule has 16 heavy (non-hydrogen) atoms. The van der Waals surface area contributed by atoms with E-state index in [4.69, 9.17) is 0 Å². The van der Waals surface area contributed by atoms with E-state index < -0.39 is 0 Å². The fourth-order valence-electron chi connectivity index (χ4n) is 2.15. The van der Waals surface area contributed by atoms with Gasteiger partial charge in [-0.05, 0) is 31.1 Å². The molecular formula is C12H16N2OS. The zero-order chi connectivity index (χ0) is 11.1. The van der Waals surface area contributed by atoms with Crippen LogP contribution in [0, 0.1) is 17.8 Å². The third-order valence-corrected chi connectivity index (χ3v) is 4.41. The molecule has 86 valence electrons. The number of aromatic nitrogens is 1. The first-order chi connectivity index (χ1) is 7.75. The van der Waals surface area contributed by atoms with E-state index in [-0.39, 0.29) is 17.9 Å². The van der Waals surface area contributed by atoms with Crippen LogP contribution >= 0.6 is 11.3 Å². The Morgan fingerprint density at radius 2 is 2.38 bits per heavy atom. The fourth-order valence-corrected chi connectivity index (χ4v) is 2.93. The average Bonchev–Trinajstić information content (AvgIpc) is 3.16. The first-order valence-corrected chi connectivity index (χ1v) is 6.83. The number of carbonyl (C=O) groups is 1. The normalized spacial score (nSPS) is 29.8. The molecule has 2 fully saturated rings. The quantitative estimate of drug-likeness (QED) is 0.872. The highest BCUT2D eigenvalue weighted by atomic mass is 32.1. The molecule has 3 atom stereocenters. The van der Waals surface area contributed by atoms with Gasteiger partial charge in [0.1, 0.15) is 5.01 Å². The lowest BCUT2D eigenvalue weighted by atomic mass is 10.2. The lowest BCUT2D eigenvalue weighted by molar-refractivity contribution is -0.123.